The van der Waals surface area contributed by atoms with E-state index in [0.717, 1.165) is 4.47 Å². The van der Waals surface area contributed by atoms with Crippen LogP contribution in [0.3, 0.4) is 0 Å². The summed E-state index contributed by atoms with van der Waals surface area (Å²) in [4.78, 5) is 34.3. The number of ether oxygens (including phenoxy) is 2. The number of benzene rings is 1. The molecule has 106 valence electrons. The molecule has 1 aromatic carbocycles. The fourth-order valence-corrected chi connectivity index (χ4v) is 1.90. The Bertz CT molecular complexity index is 528. The van der Waals surface area contributed by atoms with Gasteiger partial charge in [-0.05, 0) is 24.3 Å². The molecule has 1 saturated heterocycles. The molecular weight excluding hydrogens is 330 g/mol. The van der Waals surface area contributed by atoms with Crippen molar-refractivity contribution in [1.82, 2.24) is 5.32 Å². The second kappa shape index (κ2) is 6.51. The first kappa shape index (κ1) is 14.5. The van der Waals surface area contributed by atoms with Crippen LogP contribution in [0.1, 0.15) is 16.8 Å². The third kappa shape index (κ3) is 3.80. The number of amides is 1. The summed E-state index contributed by atoms with van der Waals surface area (Å²) in [6.07, 6.45) is -0.502. The van der Waals surface area contributed by atoms with Gasteiger partial charge in [-0.1, -0.05) is 15.9 Å². The second-order valence-electron chi connectivity index (χ2n) is 4.12. The van der Waals surface area contributed by atoms with E-state index in [1.165, 1.54) is 0 Å². The zero-order valence-electron chi connectivity index (χ0n) is 10.4. The molecule has 1 atom stereocenters. The van der Waals surface area contributed by atoms with Crippen LogP contribution in [0.4, 0.5) is 0 Å². The lowest BCUT2D eigenvalue weighted by atomic mass is 10.2. The van der Waals surface area contributed by atoms with E-state index in [1.54, 1.807) is 24.3 Å². The largest absolute Gasteiger partial charge is 0.463 e. The van der Waals surface area contributed by atoms with E-state index >= 15 is 0 Å². The SMILES string of the molecule is O=C(CNC(=O)c1ccc(Br)cc1)O[C@@H]1CCOC1=O. The standard InChI is InChI=1S/C13H12BrNO5/c14-9-3-1-8(2-4-9)12(17)15-7-11(16)20-10-5-6-19-13(10)18/h1-4,10H,5-7H2,(H,15,17)/t10-/m1/s1. The van der Waals surface area contributed by atoms with Crippen LogP contribution in [-0.4, -0.2) is 37.1 Å². The Kier molecular flexibility index (Phi) is 4.73. The molecule has 1 aliphatic rings. The molecule has 0 saturated carbocycles. The summed E-state index contributed by atoms with van der Waals surface area (Å²) in [6.45, 7) is -0.0410. The first-order chi connectivity index (χ1) is 9.56. The lowest BCUT2D eigenvalue weighted by molar-refractivity contribution is -0.159. The first-order valence-electron chi connectivity index (χ1n) is 5.96. The van der Waals surface area contributed by atoms with Crippen molar-refractivity contribution in [2.45, 2.75) is 12.5 Å². The van der Waals surface area contributed by atoms with Gasteiger partial charge in [-0.15, -0.1) is 0 Å². The number of halogens is 1. The minimum absolute atomic E-state index is 0.252. The fraction of sp³-hybridized carbons (Fsp3) is 0.308. The second-order valence-corrected chi connectivity index (χ2v) is 5.04. The van der Waals surface area contributed by atoms with Gasteiger partial charge in [0.15, 0.2) is 0 Å². The molecule has 0 bridgehead atoms. The Labute approximate surface area is 123 Å². The molecule has 1 amide bonds. The van der Waals surface area contributed by atoms with Gasteiger partial charge in [-0.3, -0.25) is 9.59 Å². The minimum atomic E-state index is -0.855. The number of hydrogen-bond donors (Lipinski definition) is 1. The van der Waals surface area contributed by atoms with E-state index < -0.39 is 18.0 Å². The zero-order valence-corrected chi connectivity index (χ0v) is 12.0. The monoisotopic (exact) mass is 341 g/mol. The molecule has 1 heterocycles. The predicted octanol–water partition coefficient (Wildman–Crippen LogP) is 1.04. The van der Waals surface area contributed by atoms with Gasteiger partial charge >= 0.3 is 11.9 Å². The van der Waals surface area contributed by atoms with Crippen LogP contribution in [0.25, 0.3) is 0 Å². The highest BCUT2D eigenvalue weighted by Crippen LogP contribution is 2.11. The highest BCUT2D eigenvalue weighted by atomic mass is 79.9. The fourth-order valence-electron chi connectivity index (χ4n) is 1.64. The minimum Gasteiger partial charge on any atom is -0.463 e. The smallest absolute Gasteiger partial charge is 0.347 e. The van der Waals surface area contributed by atoms with Crippen molar-refractivity contribution < 1.29 is 23.9 Å². The molecule has 1 aromatic rings. The molecule has 2 rings (SSSR count). The Morgan fingerprint density at radius 1 is 1.35 bits per heavy atom. The molecule has 1 N–H and O–H groups in total. The normalized spacial score (nSPS) is 17.4. The molecule has 1 aliphatic heterocycles. The summed E-state index contributed by atoms with van der Waals surface area (Å²) in [7, 11) is 0. The van der Waals surface area contributed by atoms with Gasteiger partial charge in [0.05, 0.1) is 6.61 Å². The van der Waals surface area contributed by atoms with Crippen molar-refractivity contribution >= 4 is 33.8 Å². The molecular formula is C13H12BrNO5. The van der Waals surface area contributed by atoms with Gasteiger partial charge < -0.3 is 14.8 Å². The third-order valence-corrected chi connectivity index (χ3v) is 3.19. The summed E-state index contributed by atoms with van der Waals surface area (Å²) in [6, 6.07) is 6.70. The summed E-state index contributed by atoms with van der Waals surface area (Å²) < 4.78 is 10.4. The van der Waals surface area contributed by atoms with Gasteiger partial charge in [-0.25, -0.2) is 4.79 Å². The molecule has 0 aliphatic carbocycles. The molecule has 0 aromatic heterocycles. The van der Waals surface area contributed by atoms with Crippen molar-refractivity contribution in [3.8, 4) is 0 Å². The summed E-state index contributed by atoms with van der Waals surface area (Å²) in [5.74, 6) is -1.60. The van der Waals surface area contributed by atoms with Crippen LogP contribution in [0.5, 0.6) is 0 Å². The van der Waals surface area contributed by atoms with E-state index in [4.69, 9.17) is 4.74 Å². The average molecular weight is 342 g/mol. The van der Waals surface area contributed by atoms with E-state index in [2.05, 4.69) is 26.0 Å². The van der Waals surface area contributed by atoms with Gasteiger partial charge in [0.2, 0.25) is 6.10 Å². The van der Waals surface area contributed by atoms with E-state index in [0.29, 0.717) is 12.0 Å². The van der Waals surface area contributed by atoms with Gasteiger partial charge in [0.25, 0.3) is 5.91 Å². The predicted molar refractivity (Wildman–Crippen MR) is 71.9 cm³/mol. The summed E-state index contributed by atoms with van der Waals surface area (Å²) in [5, 5.41) is 2.43. The van der Waals surface area contributed by atoms with E-state index in [9.17, 15) is 14.4 Å². The van der Waals surface area contributed by atoms with Gasteiger partial charge in [-0.2, -0.15) is 0 Å². The summed E-state index contributed by atoms with van der Waals surface area (Å²) in [5.41, 5.74) is 0.432. The van der Waals surface area contributed by atoms with Crippen molar-refractivity contribution in [3.05, 3.63) is 34.3 Å². The molecule has 0 radical (unpaired) electrons. The molecule has 1 fully saturated rings. The lowest BCUT2D eigenvalue weighted by Gasteiger charge is -2.09. The van der Waals surface area contributed by atoms with Crippen molar-refractivity contribution in [1.29, 1.82) is 0 Å². The van der Waals surface area contributed by atoms with E-state index in [1.807, 2.05) is 0 Å². The number of carbonyl (C=O) groups is 3. The molecule has 0 unspecified atom stereocenters. The third-order valence-electron chi connectivity index (χ3n) is 2.66. The average Bonchev–Trinajstić information content (AvgIpc) is 2.82. The Balaban J connectivity index is 1.79. The van der Waals surface area contributed by atoms with Crippen molar-refractivity contribution in [2.24, 2.45) is 0 Å². The Hall–Kier alpha value is -1.89. The van der Waals surface area contributed by atoms with Crippen LogP contribution in [0.2, 0.25) is 0 Å². The van der Waals surface area contributed by atoms with Gasteiger partial charge in [0, 0.05) is 16.5 Å². The Morgan fingerprint density at radius 3 is 2.65 bits per heavy atom. The summed E-state index contributed by atoms with van der Waals surface area (Å²) >= 11 is 3.26. The first-order valence-corrected chi connectivity index (χ1v) is 6.75. The number of rotatable bonds is 4. The number of hydrogen-bond acceptors (Lipinski definition) is 5. The number of esters is 2. The maximum Gasteiger partial charge on any atom is 0.347 e. The van der Waals surface area contributed by atoms with Crippen LogP contribution in [-0.2, 0) is 19.1 Å². The lowest BCUT2D eigenvalue weighted by Crippen LogP contribution is -2.33. The van der Waals surface area contributed by atoms with Crippen LogP contribution < -0.4 is 5.32 Å². The molecule has 20 heavy (non-hydrogen) atoms. The van der Waals surface area contributed by atoms with Crippen LogP contribution in [0.15, 0.2) is 28.7 Å². The quantitative estimate of drug-likeness (QED) is 0.827. The highest BCUT2D eigenvalue weighted by molar-refractivity contribution is 9.10. The van der Waals surface area contributed by atoms with Gasteiger partial charge in [0.1, 0.15) is 6.54 Å². The molecule has 0 spiro atoms. The van der Waals surface area contributed by atoms with E-state index in [-0.39, 0.29) is 19.1 Å². The maximum absolute atomic E-state index is 11.7. The van der Waals surface area contributed by atoms with Crippen LogP contribution in [0, 0.1) is 0 Å². The number of carbonyl (C=O) groups excluding carboxylic acids is 3. The Morgan fingerprint density at radius 2 is 2.05 bits per heavy atom. The maximum atomic E-state index is 11.7. The molecule has 6 nitrogen and oxygen atoms in total. The number of nitrogens with one attached hydrogen (secondary N) is 1. The van der Waals surface area contributed by atoms with Crippen molar-refractivity contribution in [2.75, 3.05) is 13.2 Å². The van der Waals surface area contributed by atoms with Crippen LogP contribution >= 0.6 is 15.9 Å². The molecule has 7 heteroatoms. The highest BCUT2D eigenvalue weighted by Gasteiger charge is 2.30. The number of cyclic esters (lactones) is 1. The zero-order chi connectivity index (χ0) is 14.5. The van der Waals surface area contributed by atoms with Crippen molar-refractivity contribution in [3.63, 3.8) is 0 Å². The topological polar surface area (TPSA) is 81.7 Å².